The lowest BCUT2D eigenvalue weighted by Gasteiger charge is -2.14. The van der Waals surface area contributed by atoms with Crippen molar-refractivity contribution in [2.45, 2.75) is 46.8 Å². The van der Waals surface area contributed by atoms with Crippen molar-refractivity contribution in [3.63, 3.8) is 0 Å². The first-order chi connectivity index (χ1) is 16.8. The summed E-state index contributed by atoms with van der Waals surface area (Å²) in [7, 11) is 0. The minimum Gasteiger partial charge on any atom is -0.491 e. The molecule has 0 aliphatic heterocycles. The molecule has 0 aromatic heterocycles. The molecule has 0 aliphatic carbocycles. The predicted molar refractivity (Wildman–Crippen MR) is 134 cm³/mol. The lowest BCUT2D eigenvalue weighted by Crippen LogP contribution is -2.29. The van der Waals surface area contributed by atoms with Crippen molar-refractivity contribution in [3.05, 3.63) is 40.3 Å². The first-order valence-electron chi connectivity index (χ1n) is 11.8. The second kappa shape index (κ2) is 18.1. The van der Waals surface area contributed by atoms with E-state index in [0.29, 0.717) is 23.8 Å². The van der Waals surface area contributed by atoms with Crippen molar-refractivity contribution in [3.8, 4) is 17.6 Å². The van der Waals surface area contributed by atoms with Crippen LogP contribution in [0.25, 0.3) is 10.4 Å². The average Bonchev–Trinajstić information content (AvgIpc) is 2.82. The molecule has 0 saturated carbocycles. The number of hydrogen-bond acceptors (Lipinski definition) is 6. The number of hydrogen-bond donors (Lipinski definition) is 2. The molecule has 0 saturated heterocycles. The molecule has 1 atom stereocenters. The summed E-state index contributed by atoms with van der Waals surface area (Å²) in [6, 6.07) is 6.75. The normalized spacial score (nSPS) is 11.3. The Hall–Kier alpha value is -3.25. The van der Waals surface area contributed by atoms with E-state index >= 15 is 0 Å². The van der Waals surface area contributed by atoms with E-state index in [1.54, 1.807) is 24.3 Å². The maximum Gasteiger partial charge on any atom is 0.251 e. The Labute approximate surface area is 207 Å². The summed E-state index contributed by atoms with van der Waals surface area (Å²) in [5.41, 5.74) is 9.26. The van der Waals surface area contributed by atoms with Crippen LogP contribution in [0, 0.1) is 23.7 Å². The molecule has 0 radical (unpaired) electrons. The van der Waals surface area contributed by atoms with Crippen LogP contribution >= 0.6 is 0 Å². The molecule has 0 bridgehead atoms. The van der Waals surface area contributed by atoms with Gasteiger partial charge in [-0.15, -0.1) is 0 Å². The van der Waals surface area contributed by atoms with Gasteiger partial charge in [-0.05, 0) is 42.5 Å². The monoisotopic (exact) mass is 487 g/mol. The van der Waals surface area contributed by atoms with Gasteiger partial charge in [0.05, 0.1) is 19.8 Å². The van der Waals surface area contributed by atoms with Crippen LogP contribution in [0.4, 0.5) is 0 Å². The van der Waals surface area contributed by atoms with Gasteiger partial charge in [0, 0.05) is 22.9 Å². The van der Waals surface area contributed by atoms with Crippen LogP contribution in [-0.2, 0) is 14.3 Å². The highest BCUT2D eigenvalue weighted by Crippen LogP contribution is 2.14. The van der Waals surface area contributed by atoms with Crippen LogP contribution in [0.1, 0.15) is 50.9 Å². The largest absolute Gasteiger partial charge is 0.491 e. The Balaban J connectivity index is 2.36. The number of nitrogens with zero attached hydrogens (tertiary/aromatic N) is 3. The van der Waals surface area contributed by atoms with Crippen LogP contribution in [0.5, 0.6) is 5.75 Å². The molecule has 192 valence electrons. The second-order valence-corrected chi connectivity index (χ2v) is 8.47. The van der Waals surface area contributed by atoms with Crippen LogP contribution in [0.3, 0.4) is 0 Å². The zero-order valence-electron chi connectivity index (χ0n) is 21.1. The van der Waals surface area contributed by atoms with Gasteiger partial charge < -0.3 is 24.8 Å². The number of azide groups is 1. The highest BCUT2D eigenvalue weighted by Gasteiger charge is 2.11. The molecule has 0 aliphatic rings. The fourth-order valence-corrected chi connectivity index (χ4v) is 2.74. The van der Waals surface area contributed by atoms with Crippen molar-refractivity contribution in [1.29, 1.82) is 0 Å². The third-order valence-electron chi connectivity index (χ3n) is 4.45. The Morgan fingerprint density at radius 1 is 1.17 bits per heavy atom. The van der Waals surface area contributed by atoms with E-state index in [2.05, 4.69) is 46.3 Å². The van der Waals surface area contributed by atoms with E-state index < -0.39 is 6.23 Å². The zero-order chi connectivity index (χ0) is 25.9. The first kappa shape index (κ1) is 29.8. The summed E-state index contributed by atoms with van der Waals surface area (Å²) >= 11 is 0. The fraction of sp³-hybridized carbons (Fsp3) is 0.600. The first-order valence-corrected chi connectivity index (χ1v) is 11.8. The van der Waals surface area contributed by atoms with Crippen LogP contribution < -0.4 is 15.4 Å². The molecule has 0 fully saturated rings. The van der Waals surface area contributed by atoms with Gasteiger partial charge in [0.25, 0.3) is 5.91 Å². The lowest BCUT2D eigenvalue weighted by molar-refractivity contribution is -0.126. The van der Waals surface area contributed by atoms with E-state index in [1.807, 2.05) is 13.8 Å². The predicted octanol–water partition coefficient (Wildman–Crippen LogP) is 3.68. The summed E-state index contributed by atoms with van der Waals surface area (Å²) in [6.07, 6.45) is 1.08. The molecule has 10 heteroatoms. The molecule has 10 nitrogen and oxygen atoms in total. The van der Waals surface area contributed by atoms with Gasteiger partial charge in [0.1, 0.15) is 19.0 Å². The van der Waals surface area contributed by atoms with Crippen molar-refractivity contribution < 1.29 is 23.8 Å². The highest BCUT2D eigenvalue weighted by molar-refractivity contribution is 5.94. The highest BCUT2D eigenvalue weighted by atomic mass is 16.6. The second-order valence-electron chi connectivity index (χ2n) is 8.47. The molecule has 1 aromatic carbocycles. The van der Waals surface area contributed by atoms with Crippen molar-refractivity contribution in [2.24, 2.45) is 17.0 Å². The quantitative estimate of drug-likeness (QED) is 0.121. The Morgan fingerprint density at radius 3 is 2.69 bits per heavy atom. The molecule has 0 heterocycles. The molecule has 35 heavy (non-hydrogen) atoms. The molecule has 2 amide bonds. The van der Waals surface area contributed by atoms with Gasteiger partial charge in [0.2, 0.25) is 5.91 Å². The van der Waals surface area contributed by atoms with Crippen molar-refractivity contribution >= 4 is 11.8 Å². The maximum atomic E-state index is 12.3. The van der Waals surface area contributed by atoms with E-state index in [9.17, 15) is 9.59 Å². The van der Waals surface area contributed by atoms with E-state index in [0.717, 1.165) is 12.8 Å². The summed E-state index contributed by atoms with van der Waals surface area (Å²) in [6.45, 7) is 9.20. The van der Waals surface area contributed by atoms with Crippen molar-refractivity contribution in [2.75, 3.05) is 39.5 Å². The molecule has 0 spiro atoms. The molecular formula is C25H37N5O5. The number of ether oxygens (including phenoxy) is 3. The Bertz CT molecular complexity index is 888. The van der Waals surface area contributed by atoms with E-state index in [1.165, 1.54) is 0 Å². The summed E-state index contributed by atoms with van der Waals surface area (Å²) < 4.78 is 16.4. The van der Waals surface area contributed by atoms with Crippen LogP contribution in [-0.4, -0.2) is 57.6 Å². The lowest BCUT2D eigenvalue weighted by atomic mass is 10.1. The van der Waals surface area contributed by atoms with E-state index in [-0.39, 0.29) is 50.7 Å². The number of nitrogens with one attached hydrogen (secondary N) is 2. The number of benzene rings is 1. The summed E-state index contributed by atoms with van der Waals surface area (Å²) in [5.74, 6) is 6.66. The van der Waals surface area contributed by atoms with Gasteiger partial charge in [-0.2, -0.15) is 0 Å². The summed E-state index contributed by atoms with van der Waals surface area (Å²) in [4.78, 5) is 26.8. The molecule has 1 aromatic rings. The van der Waals surface area contributed by atoms with Gasteiger partial charge in [-0.3, -0.25) is 9.59 Å². The molecular weight excluding hydrogens is 450 g/mol. The minimum atomic E-state index is -0.891. The standard InChI is InChI=1S/C25H37N5O5/c1-19(2)8-6-12-27-23(31)17-33-14-15-34-24(29-30-26)18-35-22-11-5-10-21(16-22)25(32)28-13-7-9-20(3)4/h5,10-11,16,19-20,24H,7,9,12-15,17-18H2,1-4H3,(H,27,31)(H,28,32)/t24-/m0/s1. The van der Waals surface area contributed by atoms with Gasteiger partial charge >= 0.3 is 0 Å². The Morgan fingerprint density at radius 2 is 1.97 bits per heavy atom. The fourth-order valence-electron chi connectivity index (χ4n) is 2.74. The number of carbonyl (C=O) groups is 2. The van der Waals surface area contributed by atoms with Gasteiger partial charge in [0.15, 0.2) is 6.23 Å². The van der Waals surface area contributed by atoms with Gasteiger partial charge in [-0.25, -0.2) is 0 Å². The van der Waals surface area contributed by atoms with Crippen LogP contribution in [0.15, 0.2) is 29.4 Å². The molecule has 2 N–H and O–H groups in total. The summed E-state index contributed by atoms with van der Waals surface area (Å²) in [5, 5.41) is 9.09. The zero-order valence-corrected chi connectivity index (χ0v) is 21.1. The van der Waals surface area contributed by atoms with Gasteiger partial charge in [-0.1, -0.05) is 50.7 Å². The Kier molecular flexibility index (Phi) is 15.4. The number of carbonyl (C=O) groups excluding carboxylic acids is 2. The number of rotatable bonds is 16. The molecule has 1 rings (SSSR count). The smallest absolute Gasteiger partial charge is 0.251 e. The third kappa shape index (κ3) is 15.3. The molecule has 0 unspecified atom stereocenters. The average molecular weight is 488 g/mol. The van der Waals surface area contributed by atoms with Crippen molar-refractivity contribution in [1.82, 2.24) is 10.6 Å². The minimum absolute atomic E-state index is 0.0431. The van der Waals surface area contributed by atoms with E-state index in [4.69, 9.17) is 19.7 Å². The third-order valence-corrected chi connectivity index (χ3v) is 4.45. The maximum absolute atomic E-state index is 12.3. The SMILES string of the molecule is CC(C)C#CCNC(=O)COCCO[C@@H](COc1cccc(C(=O)NCCCC(C)C)c1)N=[N+]=[N-]. The number of amides is 2. The van der Waals surface area contributed by atoms with Crippen LogP contribution in [0.2, 0.25) is 0 Å². The topological polar surface area (TPSA) is 135 Å².